The standard InChI is InChI=1S/C14H23ClN4/c1-4-13-16-12(15)9-14(17-13)19(3)10-11-5-7-18(2)8-6-11/h9,11H,4-8,10H2,1-3H3. The van der Waals surface area contributed by atoms with Crippen molar-refractivity contribution in [2.45, 2.75) is 26.2 Å². The molecule has 1 saturated heterocycles. The second-order valence-corrected chi connectivity index (χ2v) is 5.83. The average Bonchev–Trinajstić information content (AvgIpc) is 2.40. The molecule has 0 aliphatic carbocycles. The number of rotatable bonds is 4. The van der Waals surface area contributed by atoms with Gasteiger partial charge >= 0.3 is 0 Å². The summed E-state index contributed by atoms with van der Waals surface area (Å²) in [5, 5.41) is 0.539. The topological polar surface area (TPSA) is 32.3 Å². The molecule has 0 aromatic carbocycles. The van der Waals surface area contributed by atoms with Crippen molar-refractivity contribution in [2.24, 2.45) is 5.92 Å². The Labute approximate surface area is 120 Å². The molecule has 106 valence electrons. The minimum Gasteiger partial charge on any atom is -0.359 e. The Morgan fingerprint density at radius 3 is 2.68 bits per heavy atom. The highest BCUT2D eigenvalue weighted by Gasteiger charge is 2.19. The van der Waals surface area contributed by atoms with Crippen molar-refractivity contribution >= 4 is 17.4 Å². The van der Waals surface area contributed by atoms with Crippen molar-refractivity contribution in [3.05, 3.63) is 17.0 Å². The molecule has 1 aliphatic rings. The lowest BCUT2D eigenvalue weighted by Crippen LogP contribution is -2.36. The Morgan fingerprint density at radius 1 is 1.37 bits per heavy atom. The van der Waals surface area contributed by atoms with E-state index in [9.17, 15) is 0 Å². The number of aryl methyl sites for hydroxylation is 1. The molecule has 0 amide bonds. The first-order valence-corrected chi connectivity index (χ1v) is 7.39. The molecule has 19 heavy (non-hydrogen) atoms. The third-order valence-corrected chi connectivity index (χ3v) is 4.00. The lowest BCUT2D eigenvalue weighted by molar-refractivity contribution is 0.222. The van der Waals surface area contributed by atoms with Gasteiger partial charge in [-0.25, -0.2) is 9.97 Å². The summed E-state index contributed by atoms with van der Waals surface area (Å²) in [6.45, 7) is 5.49. The Bertz CT molecular complexity index is 416. The van der Waals surface area contributed by atoms with Gasteiger partial charge in [0, 0.05) is 26.1 Å². The van der Waals surface area contributed by atoms with Gasteiger partial charge in [0.1, 0.15) is 16.8 Å². The lowest BCUT2D eigenvalue weighted by Gasteiger charge is -2.32. The normalized spacial score (nSPS) is 17.7. The quantitative estimate of drug-likeness (QED) is 0.794. The fourth-order valence-corrected chi connectivity index (χ4v) is 2.73. The van der Waals surface area contributed by atoms with Crippen LogP contribution in [0.1, 0.15) is 25.6 Å². The fourth-order valence-electron chi connectivity index (χ4n) is 2.53. The van der Waals surface area contributed by atoms with Gasteiger partial charge in [-0.05, 0) is 38.9 Å². The molecular weight excluding hydrogens is 260 g/mol. The first-order valence-electron chi connectivity index (χ1n) is 7.01. The number of anilines is 1. The zero-order valence-electron chi connectivity index (χ0n) is 12.1. The summed E-state index contributed by atoms with van der Waals surface area (Å²) in [6, 6.07) is 1.86. The number of hydrogen-bond acceptors (Lipinski definition) is 4. The molecule has 1 aromatic heterocycles. The average molecular weight is 283 g/mol. The Balaban J connectivity index is 1.99. The van der Waals surface area contributed by atoms with E-state index in [1.54, 1.807) is 0 Å². The lowest BCUT2D eigenvalue weighted by atomic mass is 9.97. The maximum atomic E-state index is 6.05. The van der Waals surface area contributed by atoms with Gasteiger partial charge in [0.15, 0.2) is 0 Å². The minimum absolute atomic E-state index is 0.539. The molecule has 2 heterocycles. The van der Waals surface area contributed by atoms with Crippen LogP contribution < -0.4 is 4.90 Å². The van der Waals surface area contributed by atoms with Crippen molar-refractivity contribution in [2.75, 3.05) is 38.6 Å². The molecule has 0 atom stereocenters. The van der Waals surface area contributed by atoms with E-state index in [0.717, 1.165) is 30.5 Å². The van der Waals surface area contributed by atoms with Crippen LogP contribution in [0.3, 0.4) is 0 Å². The van der Waals surface area contributed by atoms with Gasteiger partial charge in [0.2, 0.25) is 0 Å². The van der Waals surface area contributed by atoms with E-state index in [2.05, 4.69) is 33.9 Å². The largest absolute Gasteiger partial charge is 0.359 e. The third-order valence-electron chi connectivity index (χ3n) is 3.81. The highest BCUT2D eigenvalue weighted by atomic mass is 35.5. The van der Waals surface area contributed by atoms with Crippen molar-refractivity contribution in [3.63, 3.8) is 0 Å². The molecule has 0 spiro atoms. The molecular formula is C14H23ClN4. The van der Waals surface area contributed by atoms with Crippen LogP contribution in [0.2, 0.25) is 5.15 Å². The van der Waals surface area contributed by atoms with E-state index < -0.39 is 0 Å². The highest BCUT2D eigenvalue weighted by Crippen LogP contribution is 2.21. The summed E-state index contributed by atoms with van der Waals surface area (Å²) < 4.78 is 0. The van der Waals surface area contributed by atoms with E-state index in [-0.39, 0.29) is 0 Å². The van der Waals surface area contributed by atoms with Crippen LogP contribution in [0.25, 0.3) is 0 Å². The van der Waals surface area contributed by atoms with Crippen molar-refractivity contribution in [1.29, 1.82) is 0 Å². The van der Waals surface area contributed by atoms with Gasteiger partial charge in [0.25, 0.3) is 0 Å². The van der Waals surface area contributed by atoms with Crippen LogP contribution in [-0.4, -0.2) is 48.6 Å². The number of piperidine rings is 1. The van der Waals surface area contributed by atoms with Crippen LogP contribution in [0, 0.1) is 5.92 Å². The molecule has 1 aromatic rings. The SMILES string of the molecule is CCc1nc(Cl)cc(N(C)CC2CCN(C)CC2)n1. The first-order chi connectivity index (χ1) is 9.08. The number of nitrogens with zero attached hydrogens (tertiary/aromatic N) is 4. The van der Waals surface area contributed by atoms with Crippen molar-refractivity contribution < 1.29 is 0 Å². The highest BCUT2D eigenvalue weighted by molar-refractivity contribution is 6.29. The van der Waals surface area contributed by atoms with Crippen molar-refractivity contribution in [3.8, 4) is 0 Å². The van der Waals surface area contributed by atoms with Crippen LogP contribution in [0.5, 0.6) is 0 Å². The first kappa shape index (κ1) is 14.5. The predicted octanol–water partition coefficient (Wildman–Crippen LogP) is 2.47. The van der Waals surface area contributed by atoms with Gasteiger partial charge in [-0.2, -0.15) is 0 Å². The molecule has 1 fully saturated rings. The third kappa shape index (κ3) is 4.05. The van der Waals surface area contributed by atoms with E-state index in [1.165, 1.54) is 25.9 Å². The zero-order valence-corrected chi connectivity index (χ0v) is 12.8. The van der Waals surface area contributed by atoms with Crippen LogP contribution in [0.15, 0.2) is 6.07 Å². The second-order valence-electron chi connectivity index (χ2n) is 5.45. The molecule has 0 N–H and O–H groups in total. The van der Waals surface area contributed by atoms with E-state index in [1.807, 2.05) is 13.0 Å². The van der Waals surface area contributed by atoms with Crippen LogP contribution in [0.4, 0.5) is 5.82 Å². The summed E-state index contributed by atoms with van der Waals surface area (Å²) in [7, 11) is 4.29. The van der Waals surface area contributed by atoms with Crippen LogP contribution in [-0.2, 0) is 6.42 Å². The van der Waals surface area contributed by atoms with Gasteiger partial charge in [0.05, 0.1) is 0 Å². The smallest absolute Gasteiger partial charge is 0.134 e. The second kappa shape index (κ2) is 6.53. The molecule has 0 saturated carbocycles. The van der Waals surface area contributed by atoms with Crippen molar-refractivity contribution in [1.82, 2.24) is 14.9 Å². The number of halogens is 1. The number of likely N-dealkylation sites (tertiary alicyclic amines) is 1. The van der Waals surface area contributed by atoms with Gasteiger partial charge < -0.3 is 9.80 Å². The molecule has 0 radical (unpaired) electrons. The molecule has 5 heteroatoms. The van der Waals surface area contributed by atoms with Gasteiger partial charge in [-0.15, -0.1) is 0 Å². The van der Waals surface area contributed by atoms with Gasteiger partial charge in [-0.3, -0.25) is 0 Å². The summed E-state index contributed by atoms with van der Waals surface area (Å²) in [6.07, 6.45) is 3.34. The zero-order chi connectivity index (χ0) is 13.8. The summed E-state index contributed by atoms with van der Waals surface area (Å²) in [5.74, 6) is 2.51. The predicted molar refractivity (Wildman–Crippen MR) is 79.9 cm³/mol. The van der Waals surface area contributed by atoms with E-state index in [0.29, 0.717) is 5.15 Å². The monoisotopic (exact) mass is 282 g/mol. The minimum atomic E-state index is 0.539. The number of aromatic nitrogens is 2. The maximum absolute atomic E-state index is 6.05. The van der Waals surface area contributed by atoms with E-state index >= 15 is 0 Å². The Morgan fingerprint density at radius 2 is 2.05 bits per heavy atom. The summed E-state index contributed by atoms with van der Waals surface area (Å²) >= 11 is 6.05. The molecule has 2 rings (SSSR count). The Hall–Kier alpha value is -0.870. The molecule has 1 aliphatic heterocycles. The molecule has 4 nitrogen and oxygen atoms in total. The van der Waals surface area contributed by atoms with Gasteiger partial charge in [-0.1, -0.05) is 18.5 Å². The molecule has 0 unspecified atom stereocenters. The fraction of sp³-hybridized carbons (Fsp3) is 0.714. The summed E-state index contributed by atoms with van der Waals surface area (Å²) in [4.78, 5) is 13.4. The van der Waals surface area contributed by atoms with Crippen LogP contribution >= 0.6 is 11.6 Å². The summed E-state index contributed by atoms with van der Waals surface area (Å²) in [5.41, 5.74) is 0. The maximum Gasteiger partial charge on any atom is 0.134 e. The Kier molecular flexibility index (Phi) is 4.99. The number of hydrogen-bond donors (Lipinski definition) is 0. The van der Waals surface area contributed by atoms with E-state index in [4.69, 9.17) is 11.6 Å². The molecule has 0 bridgehead atoms.